The maximum Gasteiger partial charge on any atom is 0.329 e. The van der Waals surface area contributed by atoms with Gasteiger partial charge in [-0.05, 0) is 55.2 Å². The summed E-state index contributed by atoms with van der Waals surface area (Å²) < 4.78 is 5.51. The van der Waals surface area contributed by atoms with Crippen LogP contribution >= 0.6 is 11.6 Å². The van der Waals surface area contributed by atoms with Crippen molar-refractivity contribution in [1.82, 2.24) is 10.7 Å². The fourth-order valence-electron chi connectivity index (χ4n) is 2.44. The van der Waals surface area contributed by atoms with E-state index in [0.29, 0.717) is 22.0 Å². The maximum atomic E-state index is 12.1. The number of aryl methyl sites for hydroxylation is 1. The van der Waals surface area contributed by atoms with E-state index in [1.807, 2.05) is 13.0 Å². The van der Waals surface area contributed by atoms with Crippen LogP contribution in [0.2, 0.25) is 5.02 Å². The number of ether oxygens (including phenoxy) is 1. The molecule has 9 heteroatoms. The van der Waals surface area contributed by atoms with Gasteiger partial charge in [-0.25, -0.2) is 5.43 Å². The Labute approximate surface area is 178 Å². The Morgan fingerprint density at radius 3 is 2.73 bits per heavy atom. The molecule has 0 atom stereocenters. The third-order valence-electron chi connectivity index (χ3n) is 4.20. The molecular formula is C21H21ClN4O4. The molecule has 1 aliphatic carbocycles. The van der Waals surface area contributed by atoms with Crippen LogP contribution in [0.25, 0.3) is 0 Å². The van der Waals surface area contributed by atoms with Gasteiger partial charge in [0, 0.05) is 16.8 Å². The quantitative estimate of drug-likeness (QED) is 0.357. The highest BCUT2D eigenvalue weighted by Crippen LogP contribution is 2.20. The average Bonchev–Trinajstić information content (AvgIpc) is 3.53. The van der Waals surface area contributed by atoms with Crippen molar-refractivity contribution in [3.63, 3.8) is 0 Å². The third-order valence-corrected chi connectivity index (χ3v) is 4.44. The summed E-state index contributed by atoms with van der Waals surface area (Å²) in [4.78, 5) is 35.3. The number of halogens is 1. The van der Waals surface area contributed by atoms with Gasteiger partial charge in [-0.3, -0.25) is 14.4 Å². The monoisotopic (exact) mass is 428 g/mol. The van der Waals surface area contributed by atoms with Gasteiger partial charge in [0.1, 0.15) is 5.75 Å². The van der Waals surface area contributed by atoms with Crippen LogP contribution in [0.1, 0.15) is 24.0 Å². The number of hydrazone groups is 1. The topological polar surface area (TPSA) is 109 Å². The molecule has 0 unspecified atom stereocenters. The summed E-state index contributed by atoms with van der Waals surface area (Å²) >= 11 is 5.95. The van der Waals surface area contributed by atoms with Gasteiger partial charge in [0.2, 0.25) is 0 Å². The molecule has 0 radical (unpaired) electrons. The predicted molar refractivity (Wildman–Crippen MR) is 114 cm³/mol. The molecule has 156 valence electrons. The van der Waals surface area contributed by atoms with Crippen LogP contribution in [0.3, 0.4) is 0 Å². The maximum absolute atomic E-state index is 12.1. The van der Waals surface area contributed by atoms with Crippen LogP contribution in [0.15, 0.2) is 47.6 Å². The van der Waals surface area contributed by atoms with Gasteiger partial charge in [-0.1, -0.05) is 29.8 Å². The van der Waals surface area contributed by atoms with Crippen molar-refractivity contribution in [2.75, 3.05) is 11.9 Å². The fourth-order valence-corrected chi connectivity index (χ4v) is 2.62. The molecule has 0 aliphatic heterocycles. The molecule has 3 N–H and O–H groups in total. The zero-order chi connectivity index (χ0) is 21.5. The number of nitrogens with one attached hydrogen (secondary N) is 3. The first-order valence-corrected chi connectivity index (χ1v) is 9.71. The Balaban J connectivity index is 1.48. The van der Waals surface area contributed by atoms with E-state index in [4.69, 9.17) is 16.3 Å². The number of nitrogens with zero attached hydrogens (tertiary/aromatic N) is 1. The first kappa shape index (κ1) is 21.3. The van der Waals surface area contributed by atoms with E-state index < -0.39 is 11.8 Å². The molecule has 3 amide bonds. The Morgan fingerprint density at radius 1 is 1.17 bits per heavy atom. The molecule has 0 saturated heterocycles. The number of benzene rings is 2. The van der Waals surface area contributed by atoms with Crippen LogP contribution in [0, 0.1) is 6.92 Å². The molecule has 0 bridgehead atoms. The van der Waals surface area contributed by atoms with Crippen LogP contribution in [-0.2, 0) is 14.4 Å². The Hall–Kier alpha value is -3.39. The summed E-state index contributed by atoms with van der Waals surface area (Å²) in [6.45, 7) is 1.68. The molecule has 0 heterocycles. The van der Waals surface area contributed by atoms with Crippen molar-refractivity contribution in [1.29, 1.82) is 0 Å². The molecule has 0 aromatic heterocycles. The number of carbonyl (C=O) groups is 3. The van der Waals surface area contributed by atoms with Gasteiger partial charge in [-0.15, -0.1) is 0 Å². The number of rotatable bonds is 7. The average molecular weight is 429 g/mol. The minimum Gasteiger partial charge on any atom is -0.484 e. The first-order valence-electron chi connectivity index (χ1n) is 9.33. The second-order valence-electron chi connectivity index (χ2n) is 6.82. The standard InChI is InChI=1S/C21H21ClN4O4/c1-13-5-6-15(22)10-18(13)25-19(27)12-30-17-4-2-3-14(9-17)11-23-26-21(29)20(28)24-16-7-8-16/h2-6,9-11,16H,7-8,12H2,1H3,(H,24,28)(H,25,27)(H,26,29)/b23-11-. The number of amides is 3. The van der Waals surface area contributed by atoms with E-state index in [1.54, 1.807) is 36.4 Å². The largest absolute Gasteiger partial charge is 0.484 e. The molecule has 2 aromatic rings. The van der Waals surface area contributed by atoms with Crippen molar-refractivity contribution in [3.05, 3.63) is 58.6 Å². The van der Waals surface area contributed by atoms with Gasteiger partial charge in [0.05, 0.1) is 6.21 Å². The van der Waals surface area contributed by atoms with Crippen LogP contribution in [-0.4, -0.2) is 36.6 Å². The van der Waals surface area contributed by atoms with Gasteiger partial charge >= 0.3 is 11.8 Å². The molecule has 1 saturated carbocycles. The minimum atomic E-state index is -0.821. The summed E-state index contributed by atoms with van der Waals surface area (Å²) in [6.07, 6.45) is 3.17. The number of anilines is 1. The molecule has 30 heavy (non-hydrogen) atoms. The smallest absolute Gasteiger partial charge is 0.329 e. The molecular weight excluding hydrogens is 408 g/mol. The highest BCUT2D eigenvalue weighted by atomic mass is 35.5. The number of hydrogen-bond donors (Lipinski definition) is 3. The summed E-state index contributed by atoms with van der Waals surface area (Å²) in [5.74, 6) is -1.39. The summed E-state index contributed by atoms with van der Waals surface area (Å²) in [6, 6.07) is 12.1. The van der Waals surface area contributed by atoms with Crippen molar-refractivity contribution in [2.24, 2.45) is 5.10 Å². The molecule has 2 aromatic carbocycles. The summed E-state index contributed by atoms with van der Waals surface area (Å²) in [5.41, 5.74) is 4.31. The van der Waals surface area contributed by atoms with Gasteiger partial charge in [0.15, 0.2) is 6.61 Å². The molecule has 8 nitrogen and oxygen atoms in total. The minimum absolute atomic E-state index is 0.0982. The van der Waals surface area contributed by atoms with Crippen molar-refractivity contribution < 1.29 is 19.1 Å². The zero-order valence-electron chi connectivity index (χ0n) is 16.3. The van der Waals surface area contributed by atoms with Gasteiger partial charge in [0.25, 0.3) is 5.91 Å². The van der Waals surface area contributed by atoms with Crippen molar-refractivity contribution in [3.8, 4) is 5.75 Å². The summed E-state index contributed by atoms with van der Waals surface area (Å²) in [5, 5.41) is 9.62. The lowest BCUT2D eigenvalue weighted by Crippen LogP contribution is -2.38. The molecule has 3 rings (SSSR count). The van der Waals surface area contributed by atoms with Gasteiger partial charge < -0.3 is 15.4 Å². The Bertz CT molecular complexity index is 989. The van der Waals surface area contributed by atoms with Crippen molar-refractivity contribution >= 4 is 41.2 Å². The number of hydrogen-bond acceptors (Lipinski definition) is 5. The van der Waals surface area contributed by atoms with E-state index in [1.165, 1.54) is 6.21 Å². The lowest BCUT2D eigenvalue weighted by Gasteiger charge is -2.10. The molecule has 1 fully saturated rings. The van der Waals surface area contributed by atoms with E-state index in [9.17, 15) is 14.4 Å². The van der Waals surface area contributed by atoms with Gasteiger partial charge in [-0.2, -0.15) is 5.10 Å². The summed E-state index contributed by atoms with van der Waals surface area (Å²) in [7, 11) is 0. The Kier molecular flexibility index (Phi) is 7.03. The van der Waals surface area contributed by atoms with E-state index >= 15 is 0 Å². The van der Waals surface area contributed by atoms with Crippen LogP contribution in [0.5, 0.6) is 5.75 Å². The molecule has 0 spiro atoms. The first-order chi connectivity index (χ1) is 14.4. The highest BCUT2D eigenvalue weighted by Gasteiger charge is 2.26. The fraction of sp³-hybridized carbons (Fsp3) is 0.238. The second kappa shape index (κ2) is 9.89. The third kappa shape index (κ3) is 6.59. The normalized spacial score (nSPS) is 13.0. The SMILES string of the molecule is Cc1ccc(Cl)cc1NC(=O)COc1cccc(/C=N\NC(=O)C(=O)NC2CC2)c1. The predicted octanol–water partition coefficient (Wildman–Crippen LogP) is 2.39. The number of carbonyl (C=O) groups excluding carboxylic acids is 3. The van der Waals surface area contributed by atoms with Crippen LogP contribution < -0.4 is 20.8 Å². The lowest BCUT2D eigenvalue weighted by molar-refractivity contribution is -0.139. The zero-order valence-corrected chi connectivity index (χ0v) is 17.0. The van der Waals surface area contributed by atoms with Crippen molar-refractivity contribution in [2.45, 2.75) is 25.8 Å². The van der Waals surface area contributed by atoms with E-state index in [0.717, 1.165) is 18.4 Å². The Morgan fingerprint density at radius 2 is 1.97 bits per heavy atom. The lowest BCUT2D eigenvalue weighted by atomic mass is 10.2. The highest BCUT2D eigenvalue weighted by molar-refractivity contribution is 6.35. The van der Waals surface area contributed by atoms with Crippen LogP contribution in [0.4, 0.5) is 5.69 Å². The molecule has 1 aliphatic rings. The second-order valence-corrected chi connectivity index (χ2v) is 7.25. The van der Waals surface area contributed by atoms with E-state index in [-0.39, 0.29) is 18.6 Å². The van der Waals surface area contributed by atoms with E-state index in [2.05, 4.69) is 21.2 Å².